The van der Waals surface area contributed by atoms with E-state index in [2.05, 4.69) is 29.3 Å². The zero-order valence-electron chi connectivity index (χ0n) is 14.3. The first-order chi connectivity index (χ1) is 11.8. The van der Waals surface area contributed by atoms with Gasteiger partial charge in [-0.25, -0.2) is 8.42 Å². The van der Waals surface area contributed by atoms with Crippen LogP contribution in [-0.4, -0.2) is 25.5 Å². The van der Waals surface area contributed by atoms with Gasteiger partial charge in [0.1, 0.15) is 0 Å². The predicted molar refractivity (Wildman–Crippen MR) is 104 cm³/mol. The van der Waals surface area contributed by atoms with E-state index < -0.39 is 10.0 Å². The lowest BCUT2D eigenvalue weighted by molar-refractivity contribution is 0.112. The SMILES string of the molecule is CCC(C)n1cc(-c2sccc2C=O)c2ccc(NS(C)(=O)=O)cc21. The molecule has 7 heteroatoms. The van der Waals surface area contributed by atoms with Crippen molar-refractivity contribution < 1.29 is 13.2 Å². The molecule has 1 atom stereocenters. The van der Waals surface area contributed by atoms with E-state index in [-0.39, 0.29) is 6.04 Å². The minimum atomic E-state index is -3.34. The lowest BCUT2D eigenvalue weighted by Gasteiger charge is -2.13. The van der Waals surface area contributed by atoms with Gasteiger partial charge in [-0.2, -0.15) is 0 Å². The van der Waals surface area contributed by atoms with Crippen molar-refractivity contribution in [1.29, 1.82) is 0 Å². The van der Waals surface area contributed by atoms with Gasteiger partial charge in [0.2, 0.25) is 10.0 Å². The number of carbonyl (C=O) groups is 1. The fourth-order valence-electron chi connectivity index (χ4n) is 2.90. The van der Waals surface area contributed by atoms with E-state index in [1.165, 1.54) is 11.3 Å². The molecule has 1 N–H and O–H groups in total. The first-order valence-corrected chi connectivity index (χ1v) is 10.8. The van der Waals surface area contributed by atoms with Gasteiger partial charge in [0.15, 0.2) is 6.29 Å². The number of carbonyl (C=O) groups excluding carboxylic acids is 1. The van der Waals surface area contributed by atoms with E-state index in [1.54, 1.807) is 6.07 Å². The van der Waals surface area contributed by atoms with Crippen LogP contribution in [0.3, 0.4) is 0 Å². The third kappa shape index (κ3) is 3.48. The Kier molecular flexibility index (Phi) is 4.71. The number of fused-ring (bicyclic) bond motifs is 1. The van der Waals surface area contributed by atoms with Crippen molar-refractivity contribution in [2.24, 2.45) is 0 Å². The first kappa shape index (κ1) is 17.7. The highest BCUT2D eigenvalue weighted by Crippen LogP contribution is 2.38. The fraction of sp³-hybridized carbons (Fsp3) is 0.278. The standard InChI is InChI=1S/C18H20N2O3S2/c1-4-12(2)20-10-16(18-13(11-21)7-8-24-18)15-6-5-14(9-17(15)20)19-25(3,22)23/h5-12,19H,4H2,1-3H3. The van der Waals surface area contributed by atoms with Crippen molar-refractivity contribution in [1.82, 2.24) is 4.57 Å². The van der Waals surface area contributed by atoms with Gasteiger partial charge in [0.05, 0.1) is 17.5 Å². The third-order valence-corrected chi connectivity index (χ3v) is 5.84. The van der Waals surface area contributed by atoms with E-state index in [1.807, 2.05) is 23.6 Å². The normalized spacial score (nSPS) is 13.1. The Bertz CT molecular complexity index is 1030. The van der Waals surface area contributed by atoms with E-state index in [0.29, 0.717) is 11.3 Å². The Labute approximate surface area is 151 Å². The number of nitrogens with zero attached hydrogens (tertiary/aromatic N) is 1. The van der Waals surface area contributed by atoms with Crippen molar-refractivity contribution in [3.63, 3.8) is 0 Å². The minimum Gasteiger partial charge on any atom is -0.344 e. The molecule has 0 aliphatic rings. The molecule has 3 aromatic rings. The molecular weight excluding hydrogens is 356 g/mol. The first-order valence-electron chi connectivity index (χ1n) is 7.99. The largest absolute Gasteiger partial charge is 0.344 e. The topological polar surface area (TPSA) is 68.2 Å². The molecule has 0 amide bonds. The maximum absolute atomic E-state index is 11.5. The lowest BCUT2D eigenvalue weighted by Crippen LogP contribution is -2.09. The third-order valence-electron chi connectivity index (χ3n) is 4.27. The zero-order valence-corrected chi connectivity index (χ0v) is 15.9. The lowest BCUT2D eigenvalue weighted by atomic mass is 10.1. The molecule has 0 radical (unpaired) electrons. The number of aldehydes is 1. The van der Waals surface area contributed by atoms with Crippen molar-refractivity contribution in [3.8, 4) is 10.4 Å². The molecule has 132 valence electrons. The monoisotopic (exact) mass is 376 g/mol. The van der Waals surface area contributed by atoms with Crippen LogP contribution in [0.15, 0.2) is 35.8 Å². The average Bonchev–Trinajstić information content (AvgIpc) is 3.15. The number of hydrogen-bond donors (Lipinski definition) is 1. The molecule has 3 rings (SSSR count). The summed E-state index contributed by atoms with van der Waals surface area (Å²) in [5.74, 6) is 0. The Balaban J connectivity index is 2.24. The van der Waals surface area contributed by atoms with Crippen LogP contribution in [0.4, 0.5) is 5.69 Å². The summed E-state index contributed by atoms with van der Waals surface area (Å²) in [7, 11) is -3.34. The zero-order chi connectivity index (χ0) is 18.2. The van der Waals surface area contributed by atoms with Gasteiger partial charge < -0.3 is 4.57 Å². The van der Waals surface area contributed by atoms with Crippen LogP contribution in [0.2, 0.25) is 0 Å². The van der Waals surface area contributed by atoms with Gasteiger partial charge in [-0.15, -0.1) is 11.3 Å². The maximum Gasteiger partial charge on any atom is 0.229 e. The molecule has 2 aromatic heterocycles. The summed E-state index contributed by atoms with van der Waals surface area (Å²) in [5, 5.41) is 2.91. The molecule has 0 fully saturated rings. The highest BCUT2D eigenvalue weighted by atomic mass is 32.2. The van der Waals surface area contributed by atoms with Gasteiger partial charge in [0.25, 0.3) is 0 Å². The Morgan fingerprint density at radius 2 is 2.08 bits per heavy atom. The van der Waals surface area contributed by atoms with Gasteiger partial charge in [0, 0.05) is 33.6 Å². The van der Waals surface area contributed by atoms with Crippen LogP contribution in [-0.2, 0) is 10.0 Å². The van der Waals surface area contributed by atoms with E-state index in [0.717, 1.165) is 40.3 Å². The number of benzene rings is 1. The second-order valence-corrected chi connectivity index (χ2v) is 8.80. The highest BCUT2D eigenvalue weighted by Gasteiger charge is 2.17. The number of anilines is 1. The van der Waals surface area contributed by atoms with Gasteiger partial charge in [-0.1, -0.05) is 13.0 Å². The summed E-state index contributed by atoms with van der Waals surface area (Å²) in [4.78, 5) is 12.3. The van der Waals surface area contributed by atoms with Gasteiger partial charge >= 0.3 is 0 Å². The van der Waals surface area contributed by atoms with Crippen LogP contribution in [0.1, 0.15) is 36.7 Å². The molecule has 0 aliphatic carbocycles. The van der Waals surface area contributed by atoms with Crippen LogP contribution >= 0.6 is 11.3 Å². The number of hydrogen-bond acceptors (Lipinski definition) is 4. The highest BCUT2D eigenvalue weighted by molar-refractivity contribution is 7.92. The van der Waals surface area contributed by atoms with Gasteiger partial charge in [-0.3, -0.25) is 9.52 Å². The summed E-state index contributed by atoms with van der Waals surface area (Å²) in [5.41, 5.74) is 3.15. The van der Waals surface area contributed by atoms with E-state index in [9.17, 15) is 13.2 Å². The Morgan fingerprint density at radius 1 is 1.32 bits per heavy atom. The fourth-order valence-corrected chi connectivity index (χ4v) is 4.35. The van der Waals surface area contributed by atoms with Crippen molar-refractivity contribution in [2.75, 3.05) is 11.0 Å². The average molecular weight is 377 g/mol. The number of sulfonamides is 1. The molecule has 1 unspecified atom stereocenters. The van der Waals surface area contributed by atoms with E-state index >= 15 is 0 Å². The smallest absolute Gasteiger partial charge is 0.229 e. The van der Waals surface area contributed by atoms with Crippen molar-refractivity contribution in [3.05, 3.63) is 41.4 Å². The number of aromatic nitrogens is 1. The summed E-state index contributed by atoms with van der Waals surface area (Å²) >= 11 is 1.53. The molecule has 2 heterocycles. The van der Waals surface area contributed by atoms with Crippen LogP contribution in [0.25, 0.3) is 21.3 Å². The van der Waals surface area contributed by atoms with Crippen molar-refractivity contribution >= 4 is 44.2 Å². The molecule has 0 aliphatic heterocycles. The second kappa shape index (κ2) is 6.65. The van der Waals surface area contributed by atoms with Crippen molar-refractivity contribution in [2.45, 2.75) is 26.3 Å². The number of nitrogens with one attached hydrogen (secondary N) is 1. The molecular formula is C18H20N2O3S2. The predicted octanol–water partition coefficient (Wildman–Crippen LogP) is 4.52. The maximum atomic E-state index is 11.5. The molecule has 5 nitrogen and oxygen atoms in total. The summed E-state index contributed by atoms with van der Waals surface area (Å²) in [6, 6.07) is 7.58. The van der Waals surface area contributed by atoms with Crippen LogP contribution in [0.5, 0.6) is 0 Å². The summed E-state index contributed by atoms with van der Waals surface area (Å²) in [6.45, 7) is 4.23. The Morgan fingerprint density at radius 3 is 2.72 bits per heavy atom. The molecule has 0 saturated carbocycles. The molecule has 0 spiro atoms. The number of rotatable bonds is 6. The molecule has 25 heavy (non-hydrogen) atoms. The molecule has 0 saturated heterocycles. The van der Waals surface area contributed by atoms with Crippen LogP contribution < -0.4 is 4.72 Å². The number of thiophene rings is 1. The van der Waals surface area contributed by atoms with Gasteiger partial charge in [-0.05, 0) is 36.9 Å². The minimum absolute atomic E-state index is 0.254. The second-order valence-electron chi connectivity index (χ2n) is 6.14. The quantitative estimate of drug-likeness (QED) is 0.643. The molecule has 1 aromatic carbocycles. The molecule has 0 bridgehead atoms. The van der Waals surface area contributed by atoms with Crippen LogP contribution in [0, 0.1) is 0 Å². The Hall–Kier alpha value is -2.12. The van der Waals surface area contributed by atoms with E-state index in [4.69, 9.17) is 0 Å². The summed E-state index contributed by atoms with van der Waals surface area (Å²) in [6.07, 6.45) is 5.01. The summed E-state index contributed by atoms with van der Waals surface area (Å²) < 4.78 is 27.7.